The Kier molecular flexibility index (Phi) is 4.27. The number of ether oxygens (including phenoxy) is 2. The smallest absolute Gasteiger partial charge is 0.249 e. The lowest BCUT2D eigenvalue weighted by molar-refractivity contribution is -0.129. The first kappa shape index (κ1) is 17.5. The molecule has 2 aliphatic heterocycles. The van der Waals surface area contributed by atoms with Crippen molar-refractivity contribution in [1.82, 2.24) is 15.0 Å². The fraction of sp³-hybridized carbons (Fsp3) is 0.227. The number of hydrogen-bond donors (Lipinski definition) is 0. The van der Waals surface area contributed by atoms with E-state index in [1.165, 1.54) is 0 Å². The maximum atomic E-state index is 12.5. The summed E-state index contributed by atoms with van der Waals surface area (Å²) < 4.78 is 16.3. The van der Waals surface area contributed by atoms with E-state index in [9.17, 15) is 4.79 Å². The van der Waals surface area contributed by atoms with Crippen molar-refractivity contribution < 1.29 is 18.8 Å². The second kappa shape index (κ2) is 7.09. The number of carbonyl (C=O) groups is 1. The summed E-state index contributed by atoms with van der Waals surface area (Å²) in [5, 5.41) is 4.11. The Morgan fingerprint density at radius 1 is 1.14 bits per heavy atom. The molecule has 0 radical (unpaired) electrons. The third-order valence-electron chi connectivity index (χ3n) is 5.25. The largest absolute Gasteiger partial charge is 0.454 e. The van der Waals surface area contributed by atoms with Gasteiger partial charge in [0.2, 0.25) is 24.4 Å². The average molecular weight is 389 g/mol. The van der Waals surface area contributed by atoms with Crippen molar-refractivity contribution in [2.75, 3.05) is 6.79 Å². The summed E-state index contributed by atoms with van der Waals surface area (Å²) >= 11 is 0. The average Bonchev–Trinajstić information content (AvgIpc) is 3.48. The van der Waals surface area contributed by atoms with E-state index in [1.807, 2.05) is 42.5 Å². The molecule has 7 heteroatoms. The van der Waals surface area contributed by atoms with Crippen LogP contribution >= 0.6 is 0 Å². The maximum absolute atomic E-state index is 12.5. The number of aromatic nitrogens is 2. The highest BCUT2D eigenvalue weighted by Gasteiger charge is 2.36. The van der Waals surface area contributed by atoms with E-state index >= 15 is 0 Å². The van der Waals surface area contributed by atoms with Crippen molar-refractivity contribution in [2.45, 2.75) is 25.4 Å². The van der Waals surface area contributed by atoms with Gasteiger partial charge in [-0.2, -0.15) is 4.98 Å². The van der Waals surface area contributed by atoms with E-state index in [-0.39, 0.29) is 18.7 Å². The van der Waals surface area contributed by atoms with Crippen LogP contribution in [-0.2, 0) is 11.3 Å². The Morgan fingerprint density at radius 3 is 2.79 bits per heavy atom. The lowest BCUT2D eigenvalue weighted by Crippen LogP contribution is -2.27. The second-order valence-electron chi connectivity index (χ2n) is 7.05. The van der Waals surface area contributed by atoms with Crippen LogP contribution in [0.2, 0.25) is 0 Å². The first-order chi connectivity index (χ1) is 14.2. The van der Waals surface area contributed by atoms with Crippen molar-refractivity contribution in [3.63, 3.8) is 0 Å². The molecule has 1 unspecified atom stereocenters. The summed E-state index contributed by atoms with van der Waals surface area (Å²) in [7, 11) is 0. The Labute approximate surface area is 167 Å². The van der Waals surface area contributed by atoms with E-state index < -0.39 is 0 Å². The predicted octanol–water partition coefficient (Wildman–Crippen LogP) is 3.97. The van der Waals surface area contributed by atoms with E-state index in [2.05, 4.69) is 16.7 Å². The number of rotatable bonds is 5. The van der Waals surface area contributed by atoms with E-state index in [4.69, 9.17) is 14.0 Å². The third-order valence-corrected chi connectivity index (χ3v) is 5.25. The molecule has 2 aromatic carbocycles. The monoisotopic (exact) mass is 389 g/mol. The van der Waals surface area contributed by atoms with Crippen LogP contribution in [-0.4, -0.2) is 27.7 Å². The molecule has 1 aromatic heterocycles. The molecule has 2 aliphatic rings. The van der Waals surface area contributed by atoms with Gasteiger partial charge in [-0.1, -0.05) is 42.1 Å². The van der Waals surface area contributed by atoms with Crippen molar-refractivity contribution in [3.8, 4) is 22.9 Å². The van der Waals surface area contributed by atoms with Gasteiger partial charge in [0, 0.05) is 18.5 Å². The lowest BCUT2D eigenvalue weighted by Gasteiger charge is -2.22. The normalized spacial score (nSPS) is 17.7. The number of carbonyl (C=O) groups excluding carboxylic acids is 1. The Hall–Kier alpha value is -3.61. The molecule has 0 saturated carbocycles. The number of nitrogens with zero attached hydrogens (tertiary/aromatic N) is 3. The Balaban J connectivity index is 1.38. The molecular formula is C22H19N3O4. The van der Waals surface area contributed by atoms with Gasteiger partial charge in [-0.3, -0.25) is 4.79 Å². The topological polar surface area (TPSA) is 77.7 Å². The number of likely N-dealkylation sites (tertiary alicyclic amines) is 1. The van der Waals surface area contributed by atoms with Crippen molar-refractivity contribution in [3.05, 3.63) is 66.1 Å². The minimum Gasteiger partial charge on any atom is -0.454 e. The molecule has 3 heterocycles. The predicted molar refractivity (Wildman–Crippen MR) is 105 cm³/mol. The third kappa shape index (κ3) is 3.24. The van der Waals surface area contributed by atoms with Gasteiger partial charge in [0.1, 0.15) is 6.04 Å². The summed E-state index contributed by atoms with van der Waals surface area (Å²) in [6.07, 6.45) is 2.92. The maximum Gasteiger partial charge on any atom is 0.249 e. The Morgan fingerprint density at radius 2 is 1.97 bits per heavy atom. The number of benzene rings is 2. The van der Waals surface area contributed by atoms with E-state index in [0.29, 0.717) is 42.6 Å². The first-order valence-corrected chi connectivity index (χ1v) is 9.46. The number of amides is 1. The minimum atomic E-state index is -0.225. The van der Waals surface area contributed by atoms with Gasteiger partial charge in [0.25, 0.3) is 0 Å². The van der Waals surface area contributed by atoms with Crippen LogP contribution in [0.25, 0.3) is 17.5 Å². The summed E-state index contributed by atoms with van der Waals surface area (Å²) in [6, 6.07) is 13.3. The molecule has 146 valence electrons. The summed E-state index contributed by atoms with van der Waals surface area (Å²) in [6.45, 7) is 4.48. The van der Waals surface area contributed by atoms with Gasteiger partial charge in [-0.15, -0.1) is 0 Å². The highest BCUT2D eigenvalue weighted by Crippen LogP contribution is 2.37. The van der Waals surface area contributed by atoms with E-state index in [0.717, 1.165) is 16.7 Å². The molecule has 29 heavy (non-hydrogen) atoms. The molecular weight excluding hydrogens is 370 g/mol. The molecule has 3 aromatic rings. The van der Waals surface area contributed by atoms with Gasteiger partial charge < -0.3 is 18.9 Å². The second-order valence-corrected chi connectivity index (χ2v) is 7.05. The minimum absolute atomic E-state index is 0.0885. The van der Waals surface area contributed by atoms with Gasteiger partial charge in [-0.05, 0) is 35.7 Å². The highest BCUT2D eigenvalue weighted by atomic mass is 16.7. The fourth-order valence-corrected chi connectivity index (χ4v) is 3.67. The summed E-state index contributed by atoms with van der Waals surface area (Å²) in [4.78, 5) is 18.8. The zero-order valence-corrected chi connectivity index (χ0v) is 15.7. The van der Waals surface area contributed by atoms with Crippen LogP contribution in [0.5, 0.6) is 11.5 Å². The zero-order chi connectivity index (χ0) is 19.8. The van der Waals surface area contributed by atoms with Crippen LogP contribution in [0.4, 0.5) is 0 Å². The van der Waals surface area contributed by atoms with Gasteiger partial charge in [-0.25, -0.2) is 0 Å². The molecule has 1 atom stereocenters. The van der Waals surface area contributed by atoms with Crippen LogP contribution in [0, 0.1) is 0 Å². The summed E-state index contributed by atoms with van der Waals surface area (Å²) in [5.41, 5.74) is 2.87. The Bertz CT molecular complexity index is 1070. The van der Waals surface area contributed by atoms with Crippen LogP contribution in [0.3, 0.4) is 0 Å². The first-order valence-electron chi connectivity index (χ1n) is 9.46. The van der Waals surface area contributed by atoms with Gasteiger partial charge >= 0.3 is 0 Å². The van der Waals surface area contributed by atoms with Gasteiger partial charge in [0.15, 0.2) is 11.5 Å². The molecule has 1 fully saturated rings. The number of fused-ring (bicyclic) bond motifs is 1. The van der Waals surface area contributed by atoms with Crippen molar-refractivity contribution in [2.24, 2.45) is 0 Å². The molecule has 0 N–H and O–H groups in total. The summed E-state index contributed by atoms with van der Waals surface area (Å²) in [5.74, 6) is 2.37. The lowest BCUT2D eigenvalue weighted by atomic mass is 10.1. The van der Waals surface area contributed by atoms with Crippen LogP contribution < -0.4 is 9.47 Å². The number of hydrogen-bond acceptors (Lipinski definition) is 6. The molecule has 7 nitrogen and oxygen atoms in total. The molecule has 0 spiro atoms. The zero-order valence-electron chi connectivity index (χ0n) is 15.7. The molecule has 1 saturated heterocycles. The van der Waals surface area contributed by atoms with Crippen molar-refractivity contribution in [1.29, 1.82) is 0 Å². The fourth-order valence-electron chi connectivity index (χ4n) is 3.67. The SMILES string of the molecule is C=Cc1ccc(CN2C(=O)CCC2c2nc(-c3ccc4c(c3)OCO4)no2)cc1. The molecule has 0 aliphatic carbocycles. The molecule has 5 rings (SSSR count). The quantitative estimate of drug-likeness (QED) is 0.657. The van der Waals surface area contributed by atoms with Crippen molar-refractivity contribution >= 4 is 12.0 Å². The molecule has 1 amide bonds. The standard InChI is InChI=1S/C22H19N3O4/c1-2-14-3-5-15(6-4-14)12-25-17(8-10-20(25)26)22-23-21(24-29-22)16-7-9-18-19(11-16)28-13-27-18/h2-7,9,11,17H,1,8,10,12-13H2. The van der Waals surface area contributed by atoms with Gasteiger partial charge in [0.05, 0.1) is 0 Å². The molecule has 0 bridgehead atoms. The highest BCUT2D eigenvalue weighted by molar-refractivity contribution is 5.79. The van der Waals surface area contributed by atoms with E-state index in [1.54, 1.807) is 11.0 Å². The van der Waals surface area contributed by atoms with Crippen LogP contribution in [0.15, 0.2) is 53.6 Å². The van der Waals surface area contributed by atoms with Crippen LogP contribution in [0.1, 0.15) is 35.9 Å².